The Bertz CT molecular complexity index is 1370. The Labute approximate surface area is 201 Å². The van der Waals surface area contributed by atoms with Crippen molar-refractivity contribution in [3.05, 3.63) is 95.2 Å². The van der Waals surface area contributed by atoms with Crippen molar-refractivity contribution in [3.8, 4) is 16.9 Å². The van der Waals surface area contributed by atoms with Crippen molar-refractivity contribution in [2.75, 3.05) is 0 Å². The van der Waals surface area contributed by atoms with E-state index < -0.39 is 11.7 Å². The minimum atomic E-state index is -4.49. The third kappa shape index (κ3) is 5.62. The average molecular weight is 479 g/mol. The van der Waals surface area contributed by atoms with Gasteiger partial charge in [0.05, 0.1) is 11.1 Å². The molecular formula is C28H24F3NO3. The molecule has 0 fully saturated rings. The molecule has 0 aliphatic rings. The Morgan fingerprint density at radius 2 is 1.66 bits per heavy atom. The number of carbonyl (C=O) groups is 1. The third-order valence-corrected chi connectivity index (χ3v) is 5.60. The summed E-state index contributed by atoms with van der Waals surface area (Å²) in [6.45, 7) is 4.05. The second kappa shape index (κ2) is 10.2. The summed E-state index contributed by atoms with van der Waals surface area (Å²) < 4.78 is 51.7. The number of para-hydroxylation sites is 1. The third-order valence-electron chi connectivity index (χ3n) is 5.60. The highest BCUT2D eigenvalue weighted by molar-refractivity contribution is 5.97. The molecule has 1 aromatic heterocycles. The number of nitrogens with zero attached hydrogens (tertiary/aromatic N) is 1. The number of rotatable bonds is 7. The summed E-state index contributed by atoms with van der Waals surface area (Å²) in [5, 5.41) is 0.436. The molecule has 0 unspecified atom stereocenters. The van der Waals surface area contributed by atoms with E-state index in [1.54, 1.807) is 19.1 Å². The van der Waals surface area contributed by atoms with Gasteiger partial charge in [0, 0.05) is 18.0 Å². The topological polar surface area (TPSA) is 48.4 Å². The van der Waals surface area contributed by atoms with Crippen molar-refractivity contribution in [1.82, 2.24) is 4.98 Å². The van der Waals surface area contributed by atoms with Gasteiger partial charge < -0.3 is 9.47 Å². The number of ether oxygens (including phenoxy) is 2. The standard InChI is InChI=1S/C28H24F3NO3/c1-3-25(33)35-17-20-8-4-7-19(13-20)16-34-22-10-5-9-21(14-22)26-18(2)15-32-27-23(26)11-6-12-24(27)28(29,30)31/h4-15H,3,16-17H2,1-2H3. The molecule has 3 aromatic carbocycles. The first kappa shape index (κ1) is 24.3. The van der Waals surface area contributed by atoms with E-state index in [1.807, 2.05) is 49.4 Å². The highest BCUT2D eigenvalue weighted by Gasteiger charge is 2.33. The molecule has 1 heterocycles. The number of halogens is 3. The fourth-order valence-corrected chi connectivity index (χ4v) is 3.92. The Morgan fingerprint density at radius 3 is 2.40 bits per heavy atom. The maximum atomic E-state index is 13.5. The SMILES string of the molecule is CCC(=O)OCc1cccc(COc2cccc(-c3c(C)cnc4c(C(F)(F)F)cccc34)c2)c1. The van der Waals surface area contributed by atoms with Crippen LogP contribution in [0.5, 0.6) is 5.75 Å². The van der Waals surface area contributed by atoms with E-state index in [-0.39, 0.29) is 24.7 Å². The van der Waals surface area contributed by atoms with Crippen molar-refractivity contribution in [2.45, 2.75) is 39.7 Å². The van der Waals surface area contributed by atoms with E-state index >= 15 is 0 Å². The molecule has 0 aliphatic heterocycles. The number of benzene rings is 3. The average Bonchev–Trinajstić information content (AvgIpc) is 2.85. The molecule has 4 rings (SSSR count). The van der Waals surface area contributed by atoms with Crippen LogP contribution in [0.25, 0.3) is 22.0 Å². The number of fused-ring (bicyclic) bond motifs is 1. The van der Waals surface area contributed by atoms with E-state index in [1.165, 1.54) is 12.3 Å². The Balaban J connectivity index is 1.59. The second-order valence-corrected chi connectivity index (χ2v) is 8.17. The minimum absolute atomic E-state index is 0.0764. The summed E-state index contributed by atoms with van der Waals surface area (Å²) >= 11 is 0. The van der Waals surface area contributed by atoms with Crippen LogP contribution in [-0.2, 0) is 28.9 Å². The lowest BCUT2D eigenvalue weighted by molar-refractivity contribution is -0.144. The fourth-order valence-electron chi connectivity index (χ4n) is 3.92. The van der Waals surface area contributed by atoms with E-state index in [0.29, 0.717) is 23.1 Å². The highest BCUT2D eigenvalue weighted by Crippen LogP contribution is 2.38. The smallest absolute Gasteiger partial charge is 0.418 e. The zero-order valence-electron chi connectivity index (χ0n) is 19.4. The van der Waals surface area contributed by atoms with Crippen LogP contribution in [0.4, 0.5) is 13.2 Å². The number of hydrogen-bond acceptors (Lipinski definition) is 4. The summed E-state index contributed by atoms with van der Waals surface area (Å²) in [6, 6.07) is 18.9. The zero-order valence-corrected chi connectivity index (χ0v) is 19.4. The molecule has 0 atom stereocenters. The maximum absolute atomic E-state index is 13.5. The first-order valence-electron chi connectivity index (χ1n) is 11.2. The summed E-state index contributed by atoms with van der Waals surface area (Å²) in [5.74, 6) is 0.325. The zero-order chi connectivity index (χ0) is 25.0. The van der Waals surface area contributed by atoms with E-state index in [0.717, 1.165) is 28.3 Å². The first-order valence-corrected chi connectivity index (χ1v) is 11.2. The molecule has 0 aliphatic carbocycles. The van der Waals surface area contributed by atoms with E-state index in [4.69, 9.17) is 9.47 Å². The predicted molar refractivity (Wildman–Crippen MR) is 128 cm³/mol. The Kier molecular flexibility index (Phi) is 7.05. The molecule has 0 radical (unpaired) electrons. The molecule has 0 saturated carbocycles. The summed E-state index contributed by atoms with van der Waals surface area (Å²) in [6.07, 6.45) is -2.70. The molecule has 0 bridgehead atoms. The monoisotopic (exact) mass is 479 g/mol. The van der Waals surface area contributed by atoms with Gasteiger partial charge in [0.1, 0.15) is 19.0 Å². The van der Waals surface area contributed by atoms with Crippen molar-refractivity contribution in [1.29, 1.82) is 0 Å². The highest BCUT2D eigenvalue weighted by atomic mass is 19.4. The summed E-state index contributed by atoms with van der Waals surface area (Å²) in [4.78, 5) is 15.5. The van der Waals surface area contributed by atoms with Crippen LogP contribution in [-0.4, -0.2) is 11.0 Å². The van der Waals surface area contributed by atoms with Crippen molar-refractivity contribution >= 4 is 16.9 Å². The number of aromatic nitrogens is 1. The molecule has 0 saturated heterocycles. The quantitative estimate of drug-likeness (QED) is 0.262. The van der Waals surface area contributed by atoms with Crippen LogP contribution < -0.4 is 4.74 Å². The lowest BCUT2D eigenvalue weighted by atomic mass is 9.95. The van der Waals surface area contributed by atoms with Gasteiger partial charge in [-0.15, -0.1) is 0 Å². The second-order valence-electron chi connectivity index (χ2n) is 8.17. The Morgan fingerprint density at radius 1 is 0.943 bits per heavy atom. The summed E-state index contributed by atoms with van der Waals surface area (Å²) in [5.41, 5.74) is 3.13. The lowest BCUT2D eigenvalue weighted by Crippen LogP contribution is -2.07. The Hall–Kier alpha value is -3.87. The molecular weight excluding hydrogens is 455 g/mol. The molecule has 35 heavy (non-hydrogen) atoms. The van der Waals surface area contributed by atoms with Gasteiger partial charge in [0.2, 0.25) is 0 Å². The summed E-state index contributed by atoms with van der Waals surface area (Å²) in [7, 11) is 0. The van der Waals surface area contributed by atoms with Gasteiger partial charge in [0.25, 0.3) is 0 Å². The number of carbonyl (C=O) groups excluding carboxylic acids is 1. The van der Waals surface area contributed by atoms with Crippen LogP contribution in [0.3, 0.4) is 0 Å². The van der Waals surface area contributed by atoms with Crippen molar-refractivity contribution in [3.63, 3.8) is 0 Å². The number of esters is 1. The van der Waals surface area contributed by atoms with Gasteiger partial charge in [-0.3, -0.25) is 9.78 Å². The van der Waals surface area contributed by atoms with Gasteiger partial charge in [-0.25, -0.2) is 0 Å². The molecule has 180 valence electrons. The normalized spacial score (nSPS) is 11.5. The molecule has 4 nitrogen and oxygen atoms in total. The fraction of sp³-hybridized carbons (Fsp3) is 0.214. The van der Waals surface area contributed by atoms with Gasteiger partial charge in [-0.1, -0.05) is 49.4 Å². The van der Waals surface area contributed by atoms with Crippen molar-refractivity contribution < 1.29 is 27.4 Å². The predicted octanol–water partition coefficient (Wildman–Crippen LogP) is 7.26. The van der Waals surface area contributed by atoms with Gasteiger partial charge >= 0.3 is 12.1 Å². The van der Waals surface area contributed by atoms with Gasteiger partial charge in [-0.2, -0.15) is 13.2 Å². The molecule has 0 spiro atoms. The van der Waals surface area contributed by atoms with Crippen LogP contribution in [0.2, 0.25) is 0 Å². The molecule has 7 heteroatoms. The molecule has 0 amide bonds. The maximum Gasteiger partial charge on any atom is 0.418 e. The van der Waals surface area contributed by atoms with Crippen LogP contribution in [0.15, 0.2) is 72.9 Å². The largest absolute Gasteiger partial charge is 0.489 e. The minimum Gasteiger partial charge on any atom is -0.489 e. The van der Waals surface area contributed by atoms with E-state index in [9.17, 15) is 18.0 Å². The van der Waals surface area contributed by atoms with Crippen molar-refractivity contribution in [2.24, 2.45) is 0 Å². The lowest BCUT2D eigenvalue weighted by Gasteiger charge is -2.15. The molecule has 4 aromatic rings. The first-order chi connectivity index (χ1) is 16.8. The number of hydrogen-bond donors (Lipinski definition) is 0. The number of alkyl halides is 3. The van der Waals surface area contributed by atoms with Gasteiger partial charge in [0.15, 0.2) is 0 Å². The van der Waals surface area contributed by atoms with Gasteiger partial charge in [-0.05, 0) is 59.0 Å². The molecule has 0 N–H and O–H groups in total. The number of pyridine rings is 1. The van der Waals surface area contributed by atoms with Crippen LogP contribution >= 0.6 is 0 Å². The van der Waals surface area contributed by atoms with Crippen LogP contribution in [0.1, 0.15) is 35.6 Å². The van der Waals surface area contributed by atoms with Crippen LogP contribution in [0, 0.1) is 6.92 Å². The van der Waals surface area contributed by atoms with E-state index in [2.05, 4.69) is 4.98 Å². The number of aryl methyl sites for hydroxylation is 1.